The lowest BCUT2D eigenvalue weighted by atomic mass is 10.1. The van der Waals surface area contributed by atoms with Crippen molar-refractivity contribution >= 4 is 11.6 Å². The molecule has 2 rings (SSSR count). The summed E-state index contributed by atoms with van der Waals surface area (Å²) in [4.78, 5) is 0. The number of alkyl halides is 3. The molecule has 1 aromatic rings. The molecule has 1 saturated carbocycles. The Bertz CT molecular complexity index is 369. The molecule has 18 heavy (non-hydrogen) atoms. The van der Waals surface area contributed by atoms with Gasteiger partial charge >= 0.3 is 0 Å². The standard InChI is InChI=1S/C14H18ClF2N/c15-13-8-4-5-11(13)9-18-10-14(16,17)12-6-2-1-3-7-12/h1-3,6-7,11,13,18H,4-5,8-10H2. The number of halogens is 3. The van der Waals surface area contributed by atoms with E-state index in [-0.39, 0.29) is 17.5 Å². The lowest BCUT2D eigenvalue weighted by Crippen LogP contribution is -2.34. The van der Waals surface area contributed by atoms with Gasteiger partial charge in [0.2, 0.25) is 0 Å². The SMILES string of the molecule is FC(F)(CNCC1CCCC1Cl)c1ccccc1. The second-order valence-electron chi connectivity index (χ2n) is 4.91. The molecule has 1 N–H and O–H groups in total. The average molecular weight is 274 g/mol. The molecule has 4 heteroatoms. The normalized spacial score (nSPS) is 24.4. The predicted octanol–water partition coefficient (Wildman–Crippen LogP) is 3.78. The summed E-state index contributed by atoms with van der Waals surface area (Å²) in [6, 6.07) is 7.93. The summed E-state index contributed by atoms with van der Waals surface area (Å²) >= 11 is 6.12. The van der Waals surface area contributed by atoms with Crippen LogP contribution in [0.15, 0.2) is 30.3 Å². The summed E-state index contributed by atoms with van der Waals surface area (Å²) in [5.41, 5.74) is 0.0614. The van der Waals surface area contributed by atoms with Crippen molar-refractivity contribution < 1.29 is 8.78 Å². The smallest absolute Gasteiger partial charge is 0.285 e. The molecular formula is C14H18ClF2N. The van der Waals surface area contributed by atoms with Gasteiger partial charge < -0.3 is 5.32 Å². The quantitative estimate of drug-likeness (QED) is 0.805. The summed E-state index contributed by atoms with van der Waals surface area (Å²) in [5, 5.41) is 3.00. The molecule has 0 bridgehead atoms. The Morgan fingerprint density at radius 1 is 1.22 bits per heavy atom. The zero-order chi connectivity index (χ0) is 13.0. The maximum atomic E-state index is 13.8. The van der Waals surface area contributed by atoms with Crippen LogP contribution in [0, 0.1) is 5.92 Å². The molecule has 0 aliphatic heterocycles. The van der Waals surface area contributed by atoms with Crippen molar-refractivity contribution in [1.29, 1.82) is 0 Å². The number of hydrogen-bond donors (Lipinski definition) is 1. The Labute approximate surface area is 112 Å². The van der Waals surface area contributed by atoms with Crippen molar-refractivity contribution in [3.63, 3.8) is 0 Å². The Hall–Kier alpha value is -0.670. The van der Waals surface area contributed by atoms with Gasteiger partial charge in [-0.15, -0.1) is 11.6 Å². The summed E-state index contributed by atoms with van der Waals surface area (Å²) < 4.78 is 27.7. The van der Waals surface area contributed by atoms with E-state index in [4.69, 9.17) is 11.6 Å². The van der Waals surface area contributed by atoms with Gasteiger partial charge in [0.1, 0.15) is 0 Å². The highest BCUT2D eigenvalue weighted by Crippen LogP contribution is 2.30. The Kier molecular flexibility index (Phi) is 4.57. The van der Waals surface area contributed by atoms with Gasteiger partial charge in [0, 0.05) is 10.9 Å². The third-order valence-corrected chi connectivity index (χ3v) is 4.09. The molecule has 2 atom stereocenters. The predicted molar refractivity (Wildman–Crippen MR) is 70.2 cm³/mol. The lowest BCUT2D eigenvalue weighted by molar-refractivity contribution is -0.00373. The van der Waals surface area contributed by atoms with E-state index in [0.29, 0.717) is 12.5 Å². The first kappa shape index (κ1) is 13.8. The first-order valence-electron chi connectivity index (χ1n) is 6.38. The maximum absolute atomic E-state index is 13.8. The molecule has 100 valence electrons. The van der Waals surface area contributed by atoms with E-state index in [1.165, 1.54) is 12.1 Å². The van der Waals surface area contributed by atoms with E-state index < -0.39 is 5.92 Å². The minimum absolute atomic E-state index is 0.0614. The molecule has 0 spiro atoms. The molecule has 1 aliphatic rings. The third-order valence-electron chi connectivity index (χ3n) is 3.52. The van der Waals surface area contributed by atoms with Crippen LogP contribution in [0.3, 0.4) is 0 Å². The molecule has 0 aromatic heterocycles. The van der Waals surface area contributed by atoms with Gasteiger partial charge in [0.15, 0.2) is 0 Å². The maximum Gasteiger partial charge on any atom is 0.285 e. The van der Waals surface area contributed by atoms with Crippen LogP contribution in [0.2, 0.25) is 0 Å². The summed E-state index contributed by atoms with van der Waals surface area (Å²) in [5.74, 6) is -2.49. The van der Waals surface area contributed by atoms with Crippen LogP contribution in [0.4, 0.5) is 8.78 Å². The van der Waals surface area contributed by atoms with Crippen molar-refractivity contribution in [3.8, 4) is 0 Å². The van der Waals surface area contributed by atoms with Crippen LogP contribution < -0.4 is 5.32 Å². The Morgan fingerprint density at radius 3 is 2.56 bits per heavy atom. The van der Waals surface area contributed by atoms with Crippen molar-refractivity contribution in [2.45, 2.75) is 30.6 Å². The summed E-state index contributed by atoms with van der Waals surface area (Å²) in [6.07, 6.45) is 3.15. The van der Waals surface area contributed by atoms with Gasteiger partial charge in [0.25, 0.3) is 5.92 Å². The van der Waals surface area contributed by atoms with Gasteiger partial charge in [0.05, 0.1) is 6.54 Å². The van der Waals surface area contributed by atoms with Crippen LogP contribution in [-0.4, -0.2) is 18.5 Å². The highest BCUT2D eigenvalue weighted by molar-refractivity contribution is 6.20. The first-order valence-corrected chi connectivity index (χ1v) is 6.81. The van der Waals surface area contributed by atoms with Crippen LogP contribution in [0.5, 0.6) is 0 Å². The van der Waals surface area contributed by atoms with Crippen LogP contribution in [0.25, 0.3) is 0 Å². The molecule has 0 saturated heterocycles. The van der Waals surface area contributed by atoms with Crippen LogP contribution in [-0.2, 0) is 5.92 Å². The number of benzene rings is 1. The second kappa shape index (κ2) is 5.98. The van der Waals surface area contributed by atoms with Gasteiger partial charge in [-0.05, 0) is 25.3 Å². The van der Waals surface area contributed by atoms with Crippen LogP contribution >= 0.6 is 11.6 Å². The molecule has 1 aliphatic carbocycles. The molecule has 1 nitrogen and oxygen atoms in total. The van der Waals surface area contributed by atoms with E-state index in [0.717, 1.165) is 19.3 Å². The third kappa shape index (κ3) is 3.42. The van der Waals surface area contributed by atoms with E-state index >= 15 is 0 Å². The fraction of sp³-hybridized carbons (Fsp3) is 0.571. The van der Waals surface area contributed by atoms with Gasteiger partial charge in [-0.1, -0.05) is 36.8 Å². The molecule has 0 radical (unpaired) electrons. The highest BCUT2D eigenvalue weighted by atomic mass is 35.5. The van der Waals surface area contributed by atoms with Gasteiger partial charge in [-0.2, -0.15) is 8.78 Å². The van der Waals surface area contributed by atoms with Crippen molar-refractivity contribution in [1.82, 2.24) is 5.32 Å². The summed E-state index contributed by atoms with van der Waals surface area (Å²) in [7, 11) is 0. The fourth-order valence-corrected chi connectivity index (χ4v) is 2.79. The van der Waals surface area contributed by atoms with Crippen molar-refractivity contribution in [2.24, 2.45) is 5.92 Å². The largest absolute Gasteiger partial charge is 0.311 e. The number of nitrogens with one attached hydrogen (secondary N) is 1. The van der Waals surface area contributed by atoms with Gasteiger partial charge in [-0.25, -0.2) is 0 Å². The topological polar surface area (TPSA) is 12.0 Å². The Morgan fingerprint density at radius 2 is 1.94 bits per heavy atom. The van der Waals surface area contributed by atoms with Gasteiger partial charge in [-0.3, -0.25) is 0 Å². The molecule has 1 fully saturated rings. The zero-order valence-electron chi connectivity index (χ0n) is 10.2. The van der Waals surface area contributed by atoms with Crippen LogP contribution in [0.1, 0.15) is 24.8 Å². The molecule has 2 unspecified atom stereocenters. The highest BCUT2D eigenvalue weighted by Gasteiger charge is 2.32. The molecular weight excluding hydrogens is 256 g/mol. The van der Waals surface area contributed by atoms with E-state index in [1.54, 1.807) is 18.2 Å². The van der Waals surface area contributed by atoms with E-state index in [1.807, 2.05) is 0 Å². The Balaban J connectivity index is 1.82. The zero-order valence-corrected chi connectivity index (χ0v) is 11.0. The van der Waals surface area contributed by atoms with Crippen molar-refractivity contribution in [3.05, 3.63) is 35.9 Å². The number of rotatable bonds is 5. The van der Waals surface area contributed by atoms with E-state index in [9.17, 15) is 8.78 Å². The lowest BCUT2D eigenvalue weighted by Gasteiger charge is -2.20. The molecule has 1 aromatic carbocycles. The average Bonchev–Trinajstić information content (AvgIpc) is 2.76. The minimum atomic E-state index is -2.82. The molecule has 0 heterocycles. The first-order chi connectivity index (χ1) is 8.59. The number of hydrogen-bond acceptors (Lipinski definition) is 1. The molecule has 0 amide bonds. The monoisotopic (exact) mass is 273 g/mol. The fourth-order valence-electron chi connectivity index (χ4n) is 2.42. The summed E-state index contributed by atoms with van der Waals surface area (Å²) in [6.45, 7) is 0.258. The van der Waals surface area contributed by atoms with Crippen molar-refractivity contribution in [2.75, 3.05) is 13.1 Å². The second-order valence-corrected chi connectivity index (χ2v) is 5.47. The van der Waals surface area contributed by atoms with E-state index in [2.05, 4.69) is 5.32 Å². The minimum Gasteiger partial charge on any atom is -0.311 e.